The summed E-state index contributed by atoms with van der Waals surface area (Å²) >= 11 is 6.10. The van der Waals surface area contributed by atoms with Crippen molar-refractivity contribution in [1.29, 1.82) is 5.26 Å². The van der Waals surface area contributed by atoms with Crippen LogP contribution in [0.4, 0.5) is 14.5 Å². The van der Waals surface area contributed by atoms with Gasteiger partial charge in [-0.05, 0) is 42.7 Å². The van der Waals surface area contributed by atoms with E-state index >= 15 is 0 Å². The molecular weight excluding hydrogens is 384 g/mol. The van der Waals surface area contributed by atoms with Crippen LogP contribution in [0.2, 0.25) is 5.02 Å². The minimum absolute atomic E-state index is 0.0269. The second-order valence-electron chi connectivity index (χ2n) is 6.83. The lowest BCUT2D eigenvalue weighted by Crippen LogP contribution is -2.42. The first-order valence-electron chi connectivity index (χ1n) is 9.13. The SMILES string of the molecule is CCCN1C(=O)C[C@H](Nc2ccc(C#N)c(Cl)c2)C1Cc1cccc(F)c1F. The number of amides is 1. The normalized spacial score (nSPS) is 19.0. The van der Waals surface area contributed by atoms with E-state index in [0.29, 0.717) is 22.8 Å². The Morgan fingerprint density at radius 2 is 2.11 bits per heavy atom. The van der Waals surface area contributed by atoms with Crippen molar-refractivity contribution in [3.63, 3.8) is 0 Å². The Hall–Kier alpha value is -2.65. The van der Waals surface area contributed by atoms with Gasteiger partial charge in [0.15, 0.2) is 11.6 Å². The summed E-state index contributed by atoms with van der Waals surface area (Å²) in [5.41, 5.74) is 1.27. The molecule has 0 saturated carbocycles. The van der Waals surface area contributed by atoms with Crippen molar-refractivity contribution in [2.75, 3.05) is 11.9 Å². The lowest BCUT2D eigenvalue weighted by Gasteiger charge is -2.29. The van der Waals surface area contributed by atoms with Gasteiger partial charge < -0.3 is 10.2 Å². The average molecular weight is 404 g/mol. The molecule has 28 heavy (non-hydrogen) atoms. The Morgan fingerprint density at radius 1 is 1.32 bits per heavy atom. The van der Waals surface area contributed by atoms with Gasteiger partial charge in [-0.3, -0.25) is 4.79 Å². The molecule has 146 valence electrons. The lowest BCUT2D eigenvalue weighted by molar-refractivity contribution is -0.128. The predicted octanol–water partition coefficient (Wildman–Crippen LogP) is 4.52. The molecule has 0 radical (unpaired) electrons. The maximum absolute atomic E-state index is 14.2. The number of benzene rings is 2. The molecule has 4 nitrogen and oxygen atoms in total. The van der Waals surface area contributed by atoms with Crippen LogP contribution in [0.15, 0.2) is 36.4 Å². The van der Waals surface area contributed by atoms with Crippen LogP contribution in [0.5, 0.6) is 0 Å². The monoisotopic (exact) mass is 403 g/mol. The molecule has 2 aromatic carbocycles. The fourth-order valence-electron chi connectivity index (χ4n) is 3.62. The molecule has 1 heterocycles. The number of rotatable bonds is 6. The van der Waals surface area contributed by atoms with Gasteiger partial charge in [0, 0.05) is 18.7 Å². The zero-order valence-electron chi connectivity index (χ0n) is 15.4. The molecule has 1 unspecified atom stereocenters. The van der Waals surface area contributed by atoms with E-state index in [-0.39, 0.29) is 36.4 Å². The van der Waals surface area contributed by atoms with Crippen LogP contribution in [-0.2, 0) is 11.2 Å². The highest BCUT2D eigenvalue weighted by Gasteiger charge is 2.39. The smallest absolute Gasteiger partial charge is 0.225 e. The maximum atomic E-state index is 14.2. The number of nitriles is 1. The summed E-state index contributed by atoms with van der Waals surface area (Å²) in [6.07, 6.45) is 1.22. The van der Waals surface area contributed by atoms with Crippen LogP contribution in [-0.4, -0.2) is 29.4 Å². The summed E-state index contributed by atoms with van der Waals surface area (Å²) in [5, 5.41) is 12.6. The number of nitrogens with zero attached hydrogens (tertiary/aromatic N) is 2. The Morgan fingerprint density at radius 3 is 2.79 bits per heavy atom. The quantitative estimate of drug-likeness (QED) is 0.771. The van der Waals surface area contributed by atoms with Crippen LogP contribution in [0.1, 0.15) is 30.9 Å². The highest BCUT2D eigenvalue weighted by molar-refractivity contribution is 6.32. The first-order valence-corrected chi connectivity index (χ1v) is 9.51. The van der Waals surface area contributed by atoms with Crippen LogP contribution in [0.3, 0.4) is 0 Å². The number of anilines is 1. The van der Waals surface area contributed by atoms with E-state index in [9.17, 15) is 13.6 Å². The van der Waals surface area contributed by atoms with Crippen molar-refractivity contribution < 1.29 is 13.6 Å². The van der Waals surface area contributed by atoms with Gasteiger partial charge in [0.25, 0.3) is 0 Å². The second kappa shape index (κ2) is 8.57. The van der Waals surface area contributed by atoms with E-state index in [1.54, 1.807) is 29.2 Å². The molecule has 0 spiro atoms. The molecule has 2 aromatic rings. The molecule has 1 amide bonds. The Bertz CT molecular complexity index is 928. The van der Waals surface area contributed by atoms with Crippen LogP contribution < -0.4 is 5.32 Å². The molecule has 0 aromatic heterocycles. The molecule has 2 atom stereocenters. The number of likely N-dealkylation sites (tertiary alicyclic amines) is 1. The molecule has 1 N–H and O–H groups in total. The molecule has 0 bridgehead atoms. The van der Waals surface area contributed by atoms with Crippen molar-refractivity contribution in [2.24, 2.45) is 0 Å². The van der Waals surface area contributed by atoms with Crippen molar-refractivity contribution in [1.82, 2.24) is 4.90 Å². The number of nitrogens with one attached hydrogen (secondary N) is 1. The van der Waals surface area contributed by atoms with Crippen LogP contribution in [0, 0.1) is 23.0 Å². The standard InChI is InChI=1S/C21H20ClF2N3O/c1-2-8-27-19(9-13-4-3-5-17(23)21(13)24)18(11-20(27)28)26-15-7-6-14(12-25)16(22)10-15/h3-7,10,18-19,26H,2,8-9,11H2,1H3/t18-,19?/m0/s1. The van der Waals surface area contributed by atoms with E-state index in [4.69, 9.17) is 16.9 Å². The zero-order valence-corrected chi connectivity index (χ0v) is 16.1. The van der Waals surface area contributed by atoms with Crippen LogP contribution in [0.25, 0.3) is 0 Å². The third-order valence-corrected chi connectivity index (χ3v) is 5.26. The highest BCUT2D eigenvalue weighted by atomic mass is 35.5. The largest absolute Gasteiger partial charge is 0.380 e. The van der Waals surface area contributed by atoms with E-state index in [0.717, 1.165) is 12.5 Å². The van der Waals surface area contributed by atoms with Gasteiger partial charge in [-0.25, -0.2) is 8.78 Å². The summed E-state index contributed by atoms with van der Waals surface area (Å²) in [7, 11) is 0. The molecular formula is C21H20ClF2N3O. The first-order chi connectivity index (χ1) is 13.4. The van der Waals surface area contributed by atoms with Crippen molar-refractivity contribution in [3.8, 4) is 6.07 Å². The van der Waals surface area contributed by atoms with E-state index < -0.39 is 11.6 Å². The van der Waals surface area contributed by atoms with Crippen molar-refractivity contribution in [2.45, 2.75) is 38.3 Å². The van der Waals surface area contributed by atoms with Crippen molar-refractivity contribution >= 4 is 23.2 Å². The fraction of sp³-hybridized carbons (Fsp3) is 0.333. The Balaban J connectivity index is 1.87. The third-order valence-electron chi connectivity index (χ3n) is 4.95. The number of hydrogen-bond donors (Lipinski definition) is 1. The zero-order chi connectivity index (χ0) is 20.3. The van der Waals surface area contributed by atoms with Crippen molar-refractivity contribution in [3.05, 3.63) is 64.2 Å². The molecule has 0 aliphatic carbocycles. The number of halogens is 3. The van der Waals surface area contributed by atoms with Gasteiger partial charge in [0.05, 0.1) is 22.7 Å². The summed E-state index contributed by atoms with van der Waals surface area (Å²) in [6.45, 7) is 2.51. The van der Waals surface area contributed by atoms with Gasteiger partial charge in [0.2, 0.25) is 5.91 Å². The molecule has 3 rings (SSSR count). The highest BCUT2D eigenvalue weighted by Crippen LogP contribution is 2.29. The van der Waals surface area contributed by atoms with E-state index in [2.05, 4.69) is 5.32 Å². The number of hydrogen-bond acceptors (Lipinski definition) is 3. The van der Waals surface area contributed by atoms with E-state index in [1.807, 2.05) is 13.0 Å². The minimum atomic E-state index is -0.896. The summed E-state index contributed by atoms with van der Waals surface area (Å²) in [5.74, 6) is -1.80. The molecule has 1 aliphatic rings. The Labute approximate surface area is 167 Å². The van der Waals surface area contributed by atoms with Gasteiger partial charge in [0.1, 0.15) is 6.07 Å². The molecule has 1 saturated heterocycles. The minimum Gasteiger partial charge on any atom is -0.380 e. The third kappa shape index (κ3) is 4.10. The molecule has 1 aliphatic heterocycles. The van der Waals surface area contributed by atoms with E-state index in [1.165, 1.54) is 6.07 Å². The number of carbonyl (C=O) groups excluding carboxylic acids is 1. The maximum Gasteiger partial charge on any atom is 0.225 e. The second-order valence-corrected chi connectivity index (χ2v) is 7.24. The molecule has 1 fully saturated rings. The summed E-state index contributed by atoms with van der Waals surface area (Å²) in [6, 6.07) is 10.4. The lowest BCUT2D eigenvalue weighted by atomic mass is 9.99. The molecule has 7 heteroatoms. The summed E-state index contributed by atoms with van der Waals surface area (Å²) in [4.78, 5) is 14.3. The average Bonchev–Trinajstić information content (AvgIpc) is 2.94. The Kier molecular flexibility index (Phi) is 6.15. The van der Waals surface area contributed by atoms with Gasteiger partial charge >= 0.3 is 0 Å². The topological polar surface area (TPSA) is 56.1 Å². The van der Waals surface area contributed by atoms with Crippen LogP contribution >= 0.6 is 11.6 Å². The first kappa shape index (κ1) is 20.1. The van der Waals surface area contributed by atoms with Gasteiger partial charge in [-0.1, -0.05) is 30.7 Å². The fourth-order valence-corrected chi connectivity index (χ4v) is 3.84. The summed E-state index contributed by atoms with van der Waals surface area (Å²) < 4.78 is 27.8. The predicted molar refractivity (Wildman–Crippen MR) is 104 cm³/mol. The van der Waals surface area contributed by atoms with Gasteiger partial charge in [-0.15, -0.1) is 0 Å². The van der Waals surface area contributed by atoms with Gasteiger partial charge in [-0.2, -0.15) is 5.26 Å². The number of carbonyl (C=O) groups is 1.